The Bertz CT molecular complexity index is 275. The van der Waals surface area contributed by atoms with Gasteiger partial charge < -0.3 is 4.90 Å². The third-order valence-electron chi connectivity index (χ3n) is 3.20. The highest BCUT2D eigenvalue weighted by Crippen LogP contribution is 2.13. The van der Waals surface area contributed by atoms with Gasteiger partial charge in [-0.2, -0.15) is 0 Å². The van der Waals surface area contributed by atoms with Crippen LogP contribution in [0.1, 0.15) is 25.3 Å². The van der Waals surface area contributed by atoms with Gasteiger partial charge in [-0.05, 0) is 43.8 Å². The molecule has 0 bridgehead atoms. The monoisotopic (exact) mass is 203 g/mol. The Balaban J connectivity index is 1.79. The lowest BCUT2D eigenvalue weighted by atomic mass is 10.0. The molecule has 15 heavy (non-hydrogen) atoms. The first-order chi connectivity index (χ1) is 7.34. The van der Waals surface area contributed by atoms with Gasteiger partial charge in [-0.15, -0.1) is 0 Å². The van der Waals surface area contributed by atoms with Crippen molar-refractivity contribution in [1.82, 2.24) is 4.90 Å². The first-order valence-corrected chi connectivity index (χ1v) is 6.11. The van der Waals surface area contributed by atoms with E-state index in [9.17, 15) is 0 Å². The summed E-state index contributed by atoms with van der Waals surface area (Å²) in [5.74, 6) is 0.783. The average Bonchev–Trinajstić information content (AvgIpc) is 2.71. The maximum atomic E-state index is 2.60. The number of benzene rings is 1. The van der Waals surface area contributed by atoms with Gasteiger partial charge in [-0.25, -0.2) is 0 Å². The van der Waals surface area contributed by atoms with Gasteiger partial charge in [0.25, 0.3) is 0 Å². The fourth-order valence-electron chi connectivity index (χ4n) is 2.49. The van der Waals surface area contributed by atoms with Crippen LogP contribution in [0.25, 0.3) is 0 Å². The molecular weight excluding hydrogens is 182 g/mol. The van der Waals surface area contributed by atoms with E-state index < -0.39 is 0 Å². The number of likely N-dealkylation sites (tertiary alicyclic amines) is 1. The van der Waals surface area contributed by atoms with Crippen molar-refractivity contribution in [3.8, 4) is 0 Å². The minimum absolute atomic E-state index is 0.783. The fourth-order valence-corrected chi connectivity index (χ4v) is 2.49. The molecule has 82 valence electrons. The largest absolute Gasteiger partial charge is 0.303 e. The maximum absolute atomic E-state index is 2.60. The molecule has 0 radical (unpaired) electrons. The quantitative estimate of drug-likeness (QED) is 0.727. The van der Waals surface area contributed by atoms with Crippen molar-refractivity contribution in [3.05, 3.63) is 35.9 Å². The number of hydrogen-bond donors (Lipinski definition) is 0. The van der Waals surface area contributed by atoms with E-state index in [1.807, 2.05) is 0 Å². The third kappa shape index (κ3) is 3.35. The molecule has 1 atom stereocenters. The fraction of sp³-hybridized carbons (Fsp3) is 0.571. The standard InChI is InChI=1S/C14H21N/c1-13(12-15-9-5-6-10-15)11-14-7-3-2-4-8-14/h2-4,7-8,13H,5-6,9-12H2,1H3. The van der Waals surface area contributed by atoms with Crippen LogP contribution in [0.15, 0.2) is 30.3 Å². The second-order valence-electron chi connectivity index (χ2n) is 4.80. The molecule has 0 spiro atoms. The maximum Gasteiger partial charge on any atom is 0.00102 e. The smallest absolute Gasteiger partial charge is 0.00102 e. The van der Waals surface area contributed by atoms with Crippen LogP contribution >= 0.6 is 0 Å². The second kappa shape index (κ2) is 5.32. The Hall–Kier alpha value is -0.820. The Labute approximate surface area is 93.1 Å². The molecule has 1 aliphatic rings. The van der Waals surface area contributed by atoms with Gasteiger partial charge in [0.2, 0.25) is 0 Å². The van der Waals surface area contributed by atoms with E-state index in [0.29, 0.717) is 0 Å². The van der Waals surface area contributed by atoms with Gasteiger partial charge in [-0.1, -0.05) is 37.3 Å². The Morgan fingerprint density at radius 2 is 1.80 bits per heavy atom. The highest BCUT2D eigenvalue weighted by Gasteiger charge is 2.14. The van der Waals surface area contributed by atoms with Crippen LogP contribution in [0.3, 0.4) is 0 Å². The average molecular weight is 203 g/mol. The molecular formula is C14H21N. The van der Waals surface area contributed by atoms with Gasteiger partial charge >= 0.3 is 0 Å². The zero-order valence-corrected chi connectivity index (χ0v) is 9.65. The lowest BCUT2D eigenvalue weighted by Gasteiger charge is -2.20. The van der Waals surface area contributed by atoms with Crippen molar-refractivity contribution >= 4 is 0 Å². The van der Waals surface area contributed by atoms with Crippen LogP contribution in [0.4, 0.5) is 0 Å². The lowest BCUT2D eigenvalue weighted by Crippen LogP contribution is -2.26. The van der Waals surface area contributed by atoms with E-state index in [2.05, 4.69) is 42.2 Å². The first kappa shape index (κ1) is 10.7. The van der Waals surface area contributed by atoms with Crippen LogP contribution in [0.2, 0.25) is 0 Å². The van der Waals surface area contributed by atoms with Crippen molar-refractivity contribution in [2.45, 2.75) is 26.2 Å². The number of hydrogen-bond acceptors (Lipinski definition) is 1. The number of nitrogens with zero attached hydrogens (tertiary/aromatic N) is 1. The minimum Gasteiger partial charge on any atom is -0.303 e. The molecule has 1 aromatic carbocycles. The summed E-state index contributed by atoms with van der Waals surface area (Å²) in [5, 5.41) is 0. The summed E-state index contributed by atoms with van der Waals surface area (Å²) in [5.41, 5.74) is 1.48. The van der Waals surface area contributed by atoms with Gasteiger partial charge in [0.1, 0.15) is 0 Å². The van der Waals surface area contributed by atoms with Crippen LogP contribution < -0.4 is 0 Å². The van der Waals surface area contributed by atoms with Crippen LogP contribution in [-0.2, 0) is 6.42 Å². The van der Waals surface area contributed by atoms with E-state index in [-0.39, 0.29) is 0 Å². The molecule has 0 aromatic heterocycles. The summed E-state index contributed by atoms with van der Waals surface area (Å²) in [7, 11) is 0. The molecule has 1 heteroatoms. The molecule has 1 fully saturated rings. The molecule has 1 saturated heterocycles. The molecule has 1 nitrogen and oxygen atoms in total. The van der Waals surface area contributed by atoms with Crippen molar-refractivity contribution < 1.29 is 0 Å². The molecule has 1 aliphatic heterocycles. The van der Waals surface area contributed by atoms with E-state index >= 15 is 0 Å². The summed E-state index contributed by atoms with van der Waals surface area (Å²) in [6.07, 6.45) is 4.02. The summed E-state index contributed by atoms with van der Waals surface area (Å²) in [4.78, 5) is 2.60. The zero-order valence-electron chi connectivity index (χ0n) is 9.65. The van der Waals surface area contributed by atoms with Gasteiger partial charge in [0, 0.05) is 6.54 Å². The van der Waals surface area contributed by atoms with E-state index in [0.717, 1.165) is 5.92 Å². The van der Waals surface area contributed by atoms with Crippen molar-refractivity contribution in [2.24, 2.45) is 5.92 Å². The summed E-state index contributed by atoms with van der Waals surface area (Å²) in [6, 6.07) is 10.8. The van der Waals surface area contributed by atoms with Crippen LogP contribution in [0.5, 0.6) is 0 Å². The predicted molar refractivity (Wildman–Crippen MR) is 65.0 cm³/mol. The zero-order chi connectivity index (χ0) is 10.5. The Morgan fingerprint density at radius 3 is 2.47 bits per heavy atom. The second-order valence-corrected chi connectivity index (χ2v) is 4.80. The molecule has 2 rings (SSSR count). The third-order valence-corrected chi connectivity index (χ3v) is 3.20. The van der Waals surface area contributed by atoms with Gasteiger partial charge in [0.15, 0.2) is 0 Å². The van der Waals surface area contributed by atoms with Crippen molar-refractivity contribution in [3.63, 3.8) is 0 Å². The van der Waals surface area contributed by atoms with E-state index in [1.54, 1.807) is 0 Å². The summed E-state index contributed by atoms with van der Waals surface area (Å²) < 4.78 is 0. The molecule has 1 unspecified atom stereocenters. The molecule has 1 aromatic rings. The van der Waals surface area contributed by atoms with Gasteiger partial charge in [0.05, 0.1) is 0 Å². The minimum atomic E-state index is 0.783. The van der Waals surface area contributed by atoms with Crippen molar-refractivity contribution in [1.29, 1.82) is 0 Å². The van der Waals surface area contributed by atoms with Gasteiger partial charge in [-0.3, -0.25) is 0 Å². The normalized spacial score (nSPS) is 19.3. The van der Waals surface area contributed by atoms with Crippen LogP contribution in [-0.4, -0.2) is 24.5 Å². The molecule has 0 N–H and O–H groups in total. The number of rotatable bonds is 4. The van der Waals surface area contributed by atoms with E-state index in [1.165, 1.54) is 44.5 Å². The molecule has 1 heterocycles. The highest BCUT2D eigenvalue weighted by atomic mass is 15.1. The topological polar surface area (TPSA) is 3.24 Å². The molecule has 0 amide bonds. The first-order valence-electron chi connectivity index (χ1n) is 6.11. The SMILES string of the molecule is CC(Cc1ccccc1)CN1CCCC1. The predicted octanol–water partition coefficient (Wildman–Crippen LogP) is 2.96. The summed E-state index contributed by atoms with van der Waals surface area (Å²) in [6.45, 7) is 6.28. The lowest BCUT2D eigenvalue weighted by molar-refractivity contribution is 0.287. The Kier molecular flexibility index (Phi) is 3.79. The molecule has 0 saturated carbocycles. The van der Waals surface area contributed by atoms with Crippen LogP contribution in [0, 0.1) is 5.92 Å². The molecule has 0 aliphatic carbocycles. The van der Waals surface area contributed by atoms with Crippen molar-refractivity contribution in [2.75, 3.05) is 19.6 Å². The van der Waals surface area contributed by atoms with E-state index in [4.69, 9.17) is 0 Å². The summed E-state index contributed by atoms with van der Waals surface area (Å²) >= 11 is 0. The Morgan fingerprint density at radius 1 is 1.13 bits per heavy atom. The highest BCUT2D eigenvalue weighted by molar-refractivity contribution is 5.15.